The van der Waals surface area contributed by atoms with Gasteiger partial charge in [-0.3, -0.25) is 4.79 Å². The van der Waals surface area contributed by atoms with Gasteiger partial charge in [0.25, 0.3) is 0 Å². The summed E-state index contributed by atoms with van der Waals surface area (Å²) in [4.78, 5) is 27.2. The zero-order chi connectivity index (χ0) is 15.2. The number of rotatable bonds is 4. The SMILES string of the molecule is CC[C@H](Cc1ccccc1)NC(=O)N1CCN(C)C(=O)C1. The summed E-state index contributed by atoms with van der Waals surface area (Å²) in [6.45, 7) is 3.42. The number of nitrogens with one attached hydrogen (secondary N) is 1. The number of hydrogen-bond acceptors (Lipinski definition) is 2. The summed E-state index contributed by atoms with van der Waals surface area (Å²) in [5.74, 6) is -0.00694. The van der Waals surface area contributed by atoms with E-state index in [0.717, 1.165) is 12.8 Å². The topological polar surface area (TPSA) is 52.7 Å². The lowest BCUT2D eigenvalue weighted by molar-refractivity contribution is -0.133. The van der Waals surface area contributed by atoms with Crippen LogP contribution in [-0.4, -0.2) is 54.5 Å². The molecular formula is C16H23N3O2. The molecule has 0 aliphatic carbocycles. The van der Waals surface area contributed by atoms with Crippen LogP contribution in [0.25, 0.3) is 0 Å². The van der Waals surface area contributed by atoms with Crippen LogP contribution in [0.15, 0.2) is 30.3 Å². The molecule has 5 heteroatoms. The Morgan fingerprint density at radius 3 is 2.62 bits per heavy atom. The molecule has 1 aliphatic heterocycles. The zero-order valence-electron chi connectivity index (χ0n) is 12.7. The van der Waals surface area contributed by atoms with Crippen LogP contribution in [0.5, 0.6) is 0 Å². The molecule has 1 aliphatic rings. The maximum Gasteiger partial charge on any atom is 0.318 e. The van der Waals surface area contributed by atoms with Crippen molar-refractivity contribution in [2.75, 3.05) is 26.7 Å². The normalized spacial score (nSPS) is 16.8. The molecule has 1 saturated heterocycles. The van der Waals surface area contributed by atoms with Crippen LogP contribution < -0.4 is 5.32 Å². The summed E-state index contributed by atoms with van der Waals surface area (Å²) in [6.07, 6.45) is 1.67. The summed E-state index contributed by atoms with van der Waals surface area (Å²) >= 11 is 0. The van der Waals surface area contributed by atoms with Crippen molar-refractivity contribution in [1.29, 1.82) is 0 Å². The molecule has 1 aromatic carbocycles. The van der Waals surface area contributed by atoms with Crippen molar-refractivity contribution in [2.45, 2.75) is 25.8 Å². The summed E-state index contributed by atoms with van der Waals surface area (Å²) in [6, 6.07) is 10.1. The van der Waals surface area contributed by atoms with Gasteiger partial charge >= 0.3 is 6.03 Å². The van der Waals surface area contributed by atoms with Crippen LogP contribution >= 0.6 is 0 Å². The monoisotopic (exact) mass is 289 g/mol. The number of likely N-dealkylation sites (N-methyl/N-ethyl adjacent to an activating group) is 1. The molecule has 1 aromatic rings. The van der Waals surface area contributed by atoms with Gasteiger partial charge in [0, 0.05) is 26.2 Å². The second kappa shape index (κ2) is 7.11. The molecule has 0 radical (unpaired) electrons. The second-order valence-corrected chi connectivity index (χ2v) is 5.48. The van der Waals surface area contributed by atoms with E-state index in [1.807, 2.05) is 18.2 Å². The van der Waals surface area contributed by atoms with E-state index >= 15 is 0 Å². The van der Waals surface area contributed by atoms with Gasteiger partial charge in [-0.2, -0.15) is 0 Å². The molecule has 1 N–H and O–H groups in total. The summed E-state index contributed by atoms with van der Waals surface area (Å²) in [5.41, 5.74) is 1.21. The molecule has 3 amide bonds. The minimum Gasteiger partial charge on any atom is -0.342 e. The maximum absolute atomic E-state index is 12.3. The third-order valence-electron chi connectivity index (χ3n) is 3.89. The van der Waals surface area contributed by atoms with E-state index in [9.17, 15) is 9.59 Å². The third-order valence-corrected chi connectivity index (χ3v) is 3.89. The Balaban J connectivity index is 1.89. The molecular weight excluding hydrogens is 266 g/mol. The highest BCUT2D eigenvalue weighted by Crippen LogP contribution is 2.07. The van der Waals surface area contributed by atoms with Crippen LogP contribution in [0.3, 0.4) is 0 Å². The fourth-order valence-corrected chi connectivity index (χ4v) is 2.39. The van der Waals surface area contributed by atoms with Crippen LogP contribution in [-0.2, 0) is 11.2 Å². The quantitative estimate of drug-likeness (QED) is 0.913. The molecule has 0 bridgehead atoms. The van der Waals surface area contributed by atoms with Gasteiger partial charge in [-0.15, -0.1) is 0 Å². The van der Waals surface area contributed by atoms with Crippen molar-refractivity contribution in [3.63, 3.8) is 0 Å². The molecule has 21 heavy (non-hydrogen) atoms. The van der Waals surface area contributed by atoms with Crippen molar-refractivity contribution in [3.8, 4) is 0 Å². The average Bonchev–Trinajstić information content (AvgIpc) is 2.50. The highest BCUT2D eigenvalue weighted by molar-refractivity contribution is 5.85. The second-order valence-electron chi connectivity index (χ2n) is 5.48. The number of carbonyl (C=O) groups excluding carboxylic acids is 2. The molecule has 0 unspecified atom stereocenters. The van der Waals surface area contributed by atoms with Gasteiger partial charge in [0.15, 0.2) is 0 Å². The first-order valence-corrected chi connectivity index (χ1v) is 7.43. The van der Waals surface area contributed by atoms with Crippen molar-refractivity contribution < 1.29 is 9.59 Å². The fourth-order valence-electron chi connectivity index (χ4n) is 2.39. The van der Waals surface area contributed by atoms with E-state index in [1.165, 1.54) is 5.56 Å². The number of carbonyl (C=O) groups is 2. The summed E-state index contributed by atoms with van der Waals surface area (Å²) in [5, 5.41) is 3.04. The van der Waals surface area contributed by atoms with E-state index in [1.54, 1.807) is 16.8 Å². The Labute approximate surface area is 125 Å². The molecule has 1 heterocycles. The molecule has 0 aromatic heterocycles. The predicted molar refractivity (Wildman–Crippen MR) is 82.0 cm³/mol. The molecule has 1 atom stereocenters. The Morgan fingerprint density at radius 2 is 2.00 bits per heavy atom. The lowest BCUT2D eigenvalue weighted by atomic mass is 10.0. The van der Waals surface area contributed by atoms with Gasteiger partial charge in [0.05, 0.1) is 0 Å². The van der Waals surface area contributed by atoms with Gasteiger partial charge in [0.1, 0.15) is 6.54 Å². The van der Waals surface area contributed by atoms with Gasteiger partial charge in [-0.05, 0) is 18.4 Å². The standard InChI is InChI=1S/C16H23N3O2/c1-3-14(11-13-7-5-4-6-8-13)17-16(21)19-10-9-18(2)15(20)12-19/h4-8,14H,3,9-12H2,1-2H3,(H,17,21)/t14-/m1/s1. The third kappa shape index (κ3) is 4.21. The Morgan fingerprint density at radius 1 is 1.29 bits per heavy atom. The fraction of sp³-hybridized carbons (Fsp3) is 0.500. The van der Waals surface area contributed by atoms with E-state index in [-0.39, 0.29) is 24.5 Å². The van der Waals surface area contributed by atoms with Crippen molar-refractivity contribution in [1.82, 2.24) is 15.1 Å². The summed E-state index contributed by atoms with van der Waals surface area (Å²) < 4.78 is 0. The molecule has 114 valence electrons. The zero-order valence-corrected chi connectivity index (χ0v) is 12.7. The number of piperazine rings is 1. The molecule has 2 rings (SSSR count). The molecule has 0 saturated carbocycles. The van der Waals surface area contributed by atoms with Crippen LogP contribution in [0, 0.1) is 0 Å². The molecule has 0 spiro atoms. The number of urea groups is 1. The predicted octanol–water partition coefficient (Wildman–Crippen LogP) is 1.49. The molecule has 5 nitrogen and oxygen atoms in total. The van der Waals surface area contributed by atoms with Crippen molar-refractivity contribution >= 4 is 11.9 Å². The first kappa shape index (κ1) is 15.4. The number of benzene rings is 1. The molecule has 1 fully saturated rings. The Kier molecular flexibility index (Phi) is 5.20. The lowest BCUT2D eigenvalue weighted by Gasteiger charge is -2.33. The first-order chi connectivity index (χ1) is 10.1. The van der Waals surface area contributed by atoms with Gasteiger partial charge < -0.3 is 15.1 Å². The van der Waals surface area contributed by atoms with Crippen LogP contribution in [0.4, 0.5) is 4.79 Å². The van der Waals surface area contributed by atoms with Crippen molar-refractivity contribution in [2.24, 2.45) is 0 Å². The Bertz CT molecular complexity index is 490. The van der Waals surface area contributed by atoms with Gasteiger partial charge in [0.2, 0.25) is 5.91 Å². The highest BCUT2D eigenvalue weighted by Gasteiger charge is 2.25. The van der Waals surface area contributed by atoms with E-state index < -0.39 is 0 Å². The smallest absolute Gasteiger partial charge is 0.318 e. The Hall–Kier alpha value is -2.04. The largest absolute Gasteiger partial charge is 0.342 e. The first-order valence-electron chi connectivity index (χ1n) is 7.43. The summed E-state index contributed by atoms with van der Waals surface area (Å²) in [7, 11) is 1.77. The minimum atomic E-state index is -0.140. The number of nitrogens with zero attached hydrogens (tertiary/aromatic N) is 2. The number of amides is 3. The maximum atomic E-state index is 12.3. The van der Waals surface area contributed by atoms with Gasteiger partial charge in [-0.1, -0.05) is 37.3 Å². The van der Waals surface area contributed by atoms with Crippen molar-refractivity contribution in [3.05, 3.63) is 35.9 Å². The van der Waals surface area contributed by atoms with E-state index in [0.29, 0.717) is 13.1 Å². The van der Waals surface area contributed by atoms with E-state index in [2.05, 4.69) is 24.4 Å². The average molecular weight is 289 g/mol. The van der Waals surface area contributed by atoms with Gasteiger partial charge in [-0.25, -0.2) is 4.79 Å². The van der Waals surface area contributed by atoms with Crippen LogP contribution in [0.1, 0.15) is 18.9 Å². The lowest BCUT2D eigenvalue weighted by Crippen LogP contribution is -2.55. The minimum absolute atomic E-state index is 0.00694. The van der Waals surface area contributed by atoms with E-state index in [4.69, 9.17) is 0 Å². The number of hydrogen-bond donors (Lipinski definition) is 1. The highest BCUT2D eigenvalue weighted by atomic mass is 16.2. The van der Waals surface area contributed by atoms with Crippen LogP contribution in [0.2, 0.25) is 0 Å².